The number of para-hydroxylation sites is 2. The first-order valence-electron chi connectivity index (χ1n) is 12.3. The number of carbonyl (C=O) groups excluding carboxylic acids is 2. The van der Waals surface area contributed by atoms with Gasteiger partial charge in [-0.1, -0.05) is 55.8 Å². The van der Waals surface area contributed by atoms with Crippen LogP contribution in [0.5, 0.6) is 0 Å². The van der Waals surface area contributed by atoms with Crippen LogP contribution in [0.4, 0.5) is 5.69 Å². The van der Waals surface area contributed by atoms with Crippen molar-refractivity contribution in [3.05, 3.63) is 114 Å². The fourth-order valence-electron chi connectivity index (χ4n) is 4.67. The minimum atomic E-state index is -0.430. The molecule has 2 amide bonds. The zero-order valence-electron chi connectivity index (χ0n) is 20.3. The van der Waals surface area contributed by atoms with Crippen molar-refractivity contribution in [1.29, 1.82) is 0 Å². The number of benzene rings is 2. The van der Waals surface area contributed by atoms with Crippen LogP contribution in [0, 0.1) is 0 Å². The maximum Gasteiger partial charge on any atom is 0.247 e. The largest absolute Gasteiger partial charge is 0.467 e. The first-order valence-corrected chi connectivity index (χ1v) is 12.3. The zero-order valence-corrected chi connectivity index (χ0v) is 20.3. The molecule has 0 aliphatic carbocycles. The lowest BCUT2D eigenvalue weighted by molar-refractivity contribution is -0.131. The summed E-state index contributed by atoms with van der Waals surface area (Å²) in [7, 11) is 0. The predicted octanol–water partition coefficient (Wildman–Crippen LogP) is 5.85. The highest BCUT2D eigenvalue weighted by atomic mass is 16.3. The molecule has 36 heavy (non-hydrogen) atoms. The van der Waals surface area contributed by atoms with Gasteiger partial charge in [0, 0.05) is 18.8 Å². The molecule has 0 fully saturated rings. The Morgan fingerprint density at radius 2 is 1.72 bits per heavy atom. The SMILES string of the molecule is CCCCN(CC(=O)N1c2ccccc2-n2cccc2C1c1ccco1)C(=O)/C=C/c1ccccc1. The van der Waals surface area contributed by atoms with E-state index in [-0.39, 0.29) is 18.4 Å². The third kappa shape index (κ3) is 4.62. The van der Waals surface area contributed by atoms with Gasteiger partial charge >= 0.3 is 0 Å². The van der Waals surface area contributed by atoms with E-state index < -0.39 is 6.04 Å². The average molecular weight is 480 g/mol. The van der Waals surface area contributed by atoms with E-state index in [0.29, 0.717) is 12.3 Å². The highest BCUT2D eigenvalue weighted by Gasteiger charge is 2.38. The van der Waals surface area contributed by atoms with Gasteiger partial charge in [-0.3, -0.25) is 14.5 Å². The molecule has 1 aliphatic heterocycles. The molecule has 5 rings (SSSR count). The maximum absolute atomic E-state index is 14.0. The van der Waals surface area contributed by atoms with Crippen molar-refractivity contribution >= 4 is 23.6 Å². The van der Waals surface area contributed by atoms with Crippen molar-refractivity contribution in [2.45, 2.75) is 25.8 Å². The van der Waals surface area contributed by atoms with Crippen molar-refractivity contribution in [3.63, 3.8) is 0 Å². The summed E-state index contributed by atoms with van der Waals surface area (Å²) in [6.07, 6.45) is 8.71. The van der Waals surface area contributed by atoms with Crippen LogP contribution in [0.3, 0.4) is 0 Å². The highest BCUT2D eigenvalue weighted by molar-refractivity contribution is 6.01. The second kappa shape index (κ2) is 10.5. The van der Waals surface area contributed by atoms with Gasteiger partial charge in [0.05, 0.1) is 23.3 Å². The Hall–Kier alpha value is -4.32. The molecule has 0 spiro atoms. The molecule has 6 nitrogen and oxygen atoms in total. The van der Waals surface area contributed by atoms with Gasteiger partial charge in [-0.25, -0.2) is 0 Å². The number of aromatic nitrogens is 1. The number of carbonyl (C=O) groups is 2. The van der Waals surface area contributed by atoms with Crippen LogP contribution in [0.25, 0.3) is 11.8 Å². The summed E-state index contributed by atoms with van der Waals surface area (Å²) in [5.74, 6) is 0.339. The maximum atomic E-state index is 14.0. The van der Waals surface area contributed by atoms with Crippen molar-refractivity contribution in [3.8, 4) is 5.69 Å². The fourth-order valence-corrected chi connectivity index (χ4v) is 4.67. The third-order valence-corrected chi connectivity index (χ3v) is 6.44. The molecular formula is C30H29N3O3. The lowest BCUT2D eigenvalue weighted by Crippen LogP contribution is -2.46. The van der Waals surface area contributed by atoms with Gasteiger partial charge in [0.15, 0.2) is 0 Å². The van der Waals surface area contributed by atoms with Crippen molar-refractivity contribution in [2.75, 3.05) is 18.0 Å². The second-order valence-electron chi connectivity index (χ2n) is 8.83. The van der Waals surface area contributed by atoms with Crippen molar-refractivity contribution in [2.24, 2.45) is 0 Å². The quantitative estimate of drug-likeness (QED) is 0.298. The first-order chi connectivity index (χ1) is 17.7. The van der Waals surface area contributed by atoms with E-state index in [1.165, 1.54) is 0 Å². The van der Waals surface area contributed by atoms with Crippen LogP contribution >= 0.6 is 0 Å². The van der Waals surface area contributed by atoms with E-state index >= 15 is 0 Å². The second-order valence-corrected chi connectivity index (χ2v) is 8.83. The Kier molecular flexibility index (Phi) is 6.85. The molecule has 2 aromatic carbocycles. The van der Waals surface area contributed by atoms with Crippen molar-refractivity contribution in [1.82, 2.24) is 9.47 Å². The predicted molar refractivity (Wildman–Crippen MR) is 141 cm³/mol. The Balaban J connectivity index is 1.47. The van der Waals surface area contributed by atoms with Gasteiger partial charge in [-0.15, -0.1) is 0 Å². The molecule has 4 aromatic rings. The molecule has 0 saturated heterocycles. The minimum Gasteiger partial charge on any atom is -0.467 e. The van der Waals surface area contributed by atoms with Gasteiger partial charge in [-0.2, -0.15) is 0 Å². The van der Waals surface area contributed by atoms with Crippen LogP contribution in [-0.2, 0) is 9.59 Å². The topological polar surface area (TPSA) is 58.7 Å². The molecule has 2 aromatic heterocycles. The summed E-state index contributed by atoms with van der Waals surface area (Å²) in [4.78, 5) is 30.6. The van der Waals surface area contributed by atoms with E-state index in [9.17, 15) is 9.59 Å². The molecular weight excluding hydrogens is 450 g/mol. The van der Waals surface area contributed by atoms with Crippen LogP contribution in [0.15, 0.2) is 102 Å². The summed E-state index contributed by atoms with van der Waals surface area (Å²) in [5, 5.41) is 0. The van der Waals surface area contributed by atoms with Gasteiger partial charge in [0.1, 0.15) is 18.3 Å². The zero-order chi connectivity index (χ0) is 24.9. The number of hydrogen-bond donors (Lipinski definition) is 0. The van der Waals surface area contributed by atoms with E-state index in [1.807, 2.05) is 85.1 Å². The minimum absolute atomic E-state index is 0.0236. The molecule has 0 radical (unpaired) electrons. The molecule has 6 heteroatoms. The molecule has 1 atom stereocenters. The molecule has 0 bridgehead atoms. The first kappa shape index (κ1) is 23.4. The molecule has 0 N–H and O–H groups in total. The number of fused-ring (bicyclic) bond motifs is 3. The van der Waals surface area contributed by atoms with E-state index in [1.54, 1.807) is 28.2 Å². The molecule has 1 aliphatic rings. The lowest BCUT2D eigenvalue weighted by atomic mass is 10.0. The number of unbranched alkanes of at least 4 members (excludes halogenated alkanes) is 1. The number of furan rings is 1. The van der Waals surface area contributed by atoms with E-state index in [2.05, 4.69) is 11.5 Å². The summed E-state index contributed by atoms with van der Waals surface area (Å²) in [6, 6.07) is 24.8. The van der Waals surface area contributed by atoms with Crippen LogP contribution in [0.1, 0.15) is 42.8 Å². The van der Waals surface area contributed by atoms with Gasteiger partial charge in [0.25, 0.3) is 0 Å². The summed E-state index contributed by atoms with van der Waals surface area (Å²) >= 11 is 0. The van der Waals surface area contributed by atoms with Gasteiger partial charge in [-0.05, 0) is 54.5 Å². The molecule has 182 valence electrons. The smallest absolute Gasteiger partial charge is 0.247 e. The molecule has 1 unspecified atom stereocenters. The van der Waals surface area contributed by atoms with E-state index in [4.69, 9.17) is 4.42 Å². The number of anilines is 1. The summed E-state index contributed by atoms with van der Waals surface area (Å²) in [6.45, 7) is 2.56. The highest BCUT2D eigenvalue weighted by Crippen LogP contribution is 2.42. The number of hydrogen-bond acceptors (Lipinski definition) is 3. The fraction of sp³-hybridized carbons (Fsp3) is 0.200. The van der Waals surface area contributed by atoms with Gasteiger partial charge in [0.2, 0.25) is 11.8 Å². The summed E-state index contributed by atoms with van der Waals surface area (Å²) in [5.41, 5.74) is 3.59. The Morgan fingerprint density at radius 1 is 0.944 bits per heavy atom. The monoisotopic (exact) mass is 479 g/mol. The van der Waals surface area contributed by atoms with E-state index in [0.717, 1.165) is 35.5 Å². The Morgan fingerprint density at radius 3 is 2.47 bits per heavy atom. The Bertz CT molecular complexity index is 1360. The van der Waals surface area contributed by atoms with Gasteiger partial charge < -0.3 is 13.9 Å². The number of rotatable bonds is 8. The van der Waals surface area contributed by atoms with Crippen molar-refractivity contribution < 1.29 is 14.0 Å². The van der Waals surface area contributed by atoms with Crippen LogP contribution in [0.2, 0.25) is 0 Å². The van der Waals surface area contributed by atoms with Crippen LogP contribution in [-0.4, -0.2) is 34.4 Å². The van der Waals surface area contributed by atoms with Crippen LogP contribution < -0.4 is 4.90 Å². The average Bonchev–Trinajstić information content (AvgIpc) is 3.62. The number of amides is 2. The third-order valence-electron chi connectivity index (χ3n) is 6.44. The molecule has 0 saturated carbocycles. The molecule has 3 heterocycles. The number of nitrogens with zero attached hydrogens (tertiary/aromatic N) is 3. The normalized spacial score (nSPS) is 14.5. The standard InChI is InChI=1S/C30H29N3O3/c1-2-3-19-31(28(34)18-17-23-11-5-4-6-12-23)22-29(35)33-25-14-8-7-13-24(25)32-20-9-15-26(32)30(33)27-16-10-21-36-27/h4-18,20-21,30H,2-3,19,22H2,1H3/b18-17+. The summed E-state index contributed by atoms with van der Waals surface area (Å²) < 4.78 is 7.89. The lowest BCUT2D eigenvalue weighted by Gasteiger charge is -2.38. The Labute approximate surface area is 211 Å².